The summed E-state index contributed by atoms with van der Waals surface area (Å²) in [7, 11) is 0. The molecule has 0 radical (unpaired) electrons. The number of benzene rings is 10. The first-order valence-corrected chi connectivity index (χ1v) is 24.4. The van der Waals surface area contributed by atoms with Crippen molar-refractivity contribution >= 4 is 49.6 Å². The minimum absolute atomic E-state index is 0.0593. The molecule has 0 atom stereocenters. The summed E-state index contributed by atoms with van der Waals surface area (Å²) in [5.41, 5.74) is 19.4. The second-order valence-electron chi connectivity index (χ2n) is 20.9. The van der Waals surface area contributed by atoms with Gasteiger partial charge in [0.2, 0.25) is 0 Å². The van der Waals surface area contributed by atoms with E-state index in [1.165, 1.54) is 88.2 Å². The van der Waals surface area contributed by atoms with Crippen LogP contribution < -0.4 is 4.90 Å². The van der Waals surface area contributed by atoms with Crippen LogP contribution in [0.25, 0.3) is 60.5 Å². The summed E-state index contributed by atoms with van der Waals surface area (Å²) in [6.45, 7) is 13.7. The normalized spacial score (nSPS) is 13.2. The number of rotatable bonds is 7. The third-order valence-electron chi connectivity index (χ3n) is 14.8. The van der Waals surface area contributed by atoms with Crippen LogP contribution in [0.4, 0.5) is 17.1 Å². The zero-order chi connectivity index (χ0) is 47.1. The SMILES string of the molecule is CC(C)(C)c1ccc(N(c2ccc(C(C)(C)C)cc2)c2ccc(-c3ccc4c(c3)c3ccccc3n4-c3ccc4c(c3)C(c3ccccc3)(c3ccccc3)c3ccccc3-4)c3ccccc23)cc1. The third kappa shape index (κ3) is 6.84. The maximum atomic E-state index is 2.48. The molecule has 69 heavy (non-hydrogen) atoms. The van der Waals surface area contributed by atoms with Gasteiger partial charge in [0.15, 0.2) is 0 Å². The van der Waals surface area contributed by atoms with Gasteiger partial charge in [-0.25, -0.2) is 0 Å². The number of nitrogens with zero attached hydrogens (tertiary/aromatic N) is 2. The maximum Gasteiger partial charge on any atom is 0.0714 e. The van der Waals surface area contributed by atoms with Gasteiger partial charge in [-0.1, -0.05) is 211 Å². The fraction of sp³-hybridized carbons (Fsp3) is 0.134. The topological polar surface area (TPSA) is 8.17 Å². The van der Waals surface area contributed by atoms with Crippen LogP contribution >= 0.6 is 0 Å². The average Bonchev–Trinajstić information content (AvgIpc) is 3.87. The molecule has 0 N–H and O–H groups in total. The Labute approximate surface area is 406 Å². The second-order valence-corrected chi connectivity index (χ2v) is 20.9. The zero-order valence-corrected chi connectivity index (χ0v) is 40.3. The molecule has 0 fully saturated rings. The lowest BCUT2D eigenvalue weighted by molar-refractivity contribution is 0.590. The predicted octanol–water partition coefficient (Wildman–Crippen LogP) is 18.0. The fourth-order valence-electron chi connectivity index (χ4n) is 11.4. The summed E-state index contributed by atoms with van der Waals surface area (Å²) < 4.78 is 2.48. The molecule has 334 valence electrons. The van der Waals surface area contributed by atoms with Crippen LogP contribution in [-0.4, -0.2) is 4.57 Å². The lowest BCUT2D eigenvalue weighted by Crippen LogP contribution is -2.28. The Balaban J connectivity index is 1.02. The van der Waals surface area contributed by atoms with Crippen LogP contribution in [0.2, 0.25) is 0 Å². The molecule has 0 saturated carbocycles. The van der Waals surface area contributed by atoms with E-state index >= 15 is 0 Å². The van der Waals surface area contributed by atoms with Crippen LogP contribution in [0, 0.1) is 0 Å². The van der Waals surface area contributed by atoms with Gasteiger partial charge in [0, 0.05) is 33.2 Å². The molecule has 2 heteroatoms. The highest BCUT2D eigenvalue weighted by molar-refractivity contribution is 6.12. The number of anilines is 3. The molecule has 1 aliphatic carbocycles. The maximum absolute atomic E-state index is 2.48. The van der Waals surface area contributed by atoms with Crippen LogP contribution in [-0.2, 0) is 16.2 Å². The number of hydrogen-bond donors (Lipinski definition) is 0. The Kier molecular flexibility index (Phi) is 9.90. The molecular formula is C67H56N2. The van der Waals surface area contributed by atoms with Crippen LogP contribution in [0.1, 0.15) is 74.9 Å². The summed E-state index contributed by atoms with van der Waals surface area (Å²) >= 11 is 0. The number of fused-ring (bicyclic) bond motifs is 7. The van der Waals surface area contributed by atoms with Crippen LogP contribution in [0.3, 0.4) is 0 Å². The first-order chi connectivity index (χ1) is 33.5. The summed E-state index contributed by atoms with van der Waals surface area (Å²) in [5.74, 6) is 0. The molecular weight excluding hydrogens is 833 g/mol. The van der Waals surface area contributed by atoms with Crippen molar-refractivity contribution in [2.75, 3.05) is 4.90 Å². The summed E-state index contributed by atoms with van der Waals surface area (Å²) in [5, 5.41) is 4.89. The molecule has 2 nitrogen and oxygen atoms in total. The quantitative estimate of drug-likeness (QED) is 0.155. The Hall–Kier alpha value is -7.94. The van der Waals surface area contributed by atoms with Crippen molar-refractivity contribution in [2.24, 2.45) is 0 Å². The molecule has 1 aliphatic rings. The summed E-state index contributed by atoms with van der Waals surface area (Å²) in [6, 6.07) is 86.2. The highest BCUT2D eigenvalue weighted by Crippen LogP contribution is 2.57. The van der Waals surface area contributed by atoms with Crippen molar-refractivity contribution < 1.29 is 0 Å². The molecule has 0 spiro atoms. The lowest BCUT2D eigenvalue weighted by Gasteiger charge is -2.34. The summed E-state index contributed by atoms with van der Waals surface area (Å²) in [6.07, 6.45) is 0. The minimum atomic E-state index is -0.481. The molecule has 12 rings (SSSR count). The lowest BCUT2D eigenvalue weighted by atomic mass is 9.67. The van der Waals surface area contributed by atoms with E-state index in [1.54, 1.807) is 0 Å². The molecule has 0 amide bonds. The predicted molar refractivity (Wildman–Crippen MR) is 293 cm³/mol. The van der Waals surface area contributed by atoms with Gasteiger partial charge >= 0.3 is 0 Å². The largest absolute Gasteiger partial charge is 0.310 e. The van der Waals surface area contributed by atoms with E-state index in [4.69, 9.17) is 0 Å². The molecule has 1 heterocycles. The van der Waals surface area contributed by atoms with Gasteiger partial charge in [-0.15, -0.1) is 0 Å². The van der Waals surface area contributed by atoms with Crippen molar-refractivity contribution in [2.45, 2.75) is 57.8 Å². The smallest absolute Gasteiger partial charge is 0.0714 e. The van der Waals surface area contributed by atoms with Gasteiger partial charge in [-0.2, -0.15) is 0 Å². The Morgan fingerprint density at radius 2 is 0.870 bits per heavy atom. The number of aromatic nitrogens is 1. The van der Waals surface area contributed by atoms with Gasteiger partial charge in [0.05, 0.1) is 22.1 Å². The molecule has 1 aromatic heterocycles. The Morgan fingerprint density at radius 3 is 1.49 bits per heavy atom. The monoisotopic (exact) mass is 888 g/mol. The van der Waals surface area contributed by atoms with E-state index in [-0.39, 0.29) is 10.8 Å². The standard InChI is InChI=1S/C67H56N2/c1-65(2,3)46-30-34-50(35-31-46)68(51-36-32-47(33-37-51)66(4,5)6)63-42-40-53(54-23-13-14-25-57(54)63)45-29-41-64-59(43-45)58-26-16-18-28-62(58)69(64)52-38-39-56-55-24-15-17-27-60(55)67(61(56)44-52,48-19-9-7-10-20-48)49-21-11-8-12-22-49/h7-44H,1-6H3. The molecule has 10 aromatic carbocycles. The second kappa shape index (κ2) is 16.1. The van der Waals surface area contributed by atoms with E-state index in [0.29, 0.717) is 0 Å². The molecule has 0 unspecified atom stereocenters. The van der Waals surface area contributed by atoms with E-state index in [9.17, 15) is 0 Å². The number of para-hydroxylation sites is 1. The van der Waals surface area contributed by atoms with Crippen molar-refractivity contribution in [3.8, 4) is 27.9 Å². The molecule has 0 aliphatic heterocycles. The van der Waals surface area contributed by atoms with Gasteiger partial charge in [-0.05, 0) is 133 Å². The molecule has 0 saturated heterocycles. The Morgan fingerprint density at radius 1 is 0.362 bits per heavy atom. The van der Waals surface area contributed by atoms with Gasteiger partial charge < -0.3 is 9.47 Å². The zero-order valence-electron chi connectivity index (χ0n) is 40.3. The van der Waals surface area contributed by atoms with E-state index in [0.717, 1.165) is 22.7 Å². The van der Waals surface area contributed by atoms with Crippen molar-refractivity contribution in [1.82, 2.24) is 4.57 Å². The van der Waals surface area contributed by atoms with Gasteiger partial charge in [-0.3, -0.25) is 0 Å². The Bertz CT molecular complexity index is 3620. The van der Waals surface area contributed by atoms with Gasteiger partial charge in [0.1, 0.15) is 0 Å². The van der Waals surface area contributed by atoms with E-state index in [2.05, 4.69) is 282 Å². The van der Waals surface area contributed by atoms with E-state index in [1.807, 2.05) is 0 Å². The van der Waals surface area contributed by atoms with Gasteiger partial charge in [0.25, 0.3) is 0 Å². The van der Waals surface area contributed by atoms with Crippen molar-refractivity contribution in [3.63, 3.8) is 0 Å². The van der Waals surface area contributed by atoms with Crippen molar-refractivity contribution in [3.05, 3.63) is 264 Å². The third-order valence-corrected chi connectivity index (χ3v) is 14.8. The highest BCUT2D eigenvalue weighted by atomic mass is 15.1. The first kappa shape index (κ1) is 42.4. The van der Waals surface area contributed by atoms with E-state index < -0.39 is 5.41 Å². The van der Waals surface area contributed by atoms with Crippen LogP contribution in [0.15, 0.2) is 231 Å². The minimum Gasteiger partial charge on any atom is -0.310 e. The number of hydrogen-bond acceptors (Lipinski definition) is 1. The summed E-state index contributed by atoms with van der Waals surface area (Å²) in [4.78, 5) is 2.43. The van der Waals surface area contributed by atoms with Crippen LogP contribution in [0.5, 0.6) is 0 Å². The van der Waals surface area contributed by atoms with Crippen molar-refractivity contribution in [1.29, 1.82) is 0 Å². The molecule has 0 bridgehead atoms. The average molecular weight is 889 g/mol. The fourth-order valence-corrected chi connectivity index (χ4v) is 11.4. The highest BCUT2D eigenvalue weighted by Gasteiger charge is 2.46. The molecule has 11 aromatic rings. The first-order valence-electron chi connectivity index (χ1n) is 24.4.